The molecule has 8 nitrogen and oxygen atoms in total. The third kappa shape index (κ3) is 2.95. The van der Waals surface area contributed by atoms with Crippen molar-refractivity contribution in [2.45, 2.75) is 25.4 Å². The zero-order valence-corrected chi connectivity index (χ0v) is 15.0. The maximum Gasteiger partial charge on any atom is 0.245 e. The molecule has 0 aromatic carbocycles. The molecule has 0 bridgehead atoms. The van der Waals surface area contributed by atoms with Crippen molar-refractivity contribution in [1.29, 1.82) is 0 Å². The summed E-state index contributed by atoms with van der Waals surface area (Å²) in [6, 6.07) is 3.94. The van der Waals surface area contributed by atoms with E-state index in [1.54, 1.807) is 24.4 Å². The first-order valence-corrected chi connectivity index (χ1v) is 8.88. The van der Waals surface area contributed by atoms with E-state index in [2.05, 4.69) is 27.0 Å². The monoisotopic (exact) mass is 357 g/mol. The van der Waals surface area contributed by atoms with Crippen LogP contribution in [0.2, 0.25) is 0 Å². The second-order valence-corrected chi connectivity index (χ2v) is 6.67. The van der Waals surface area contributed by atoms with Gasteiger partial charge in [0.1, 0.15) is 5.82 Å². The largest absolute Gasteiger partial charge is 0.480 e. The highest BCUT2D eigenvalue weighted by Crippen LogP contribution is 2.32. The molecule has 0 radical (unpaired) electrons. The van der Waals surface area contributed by atoms with Crippen molar-refractivity contribution in [2.24, 2.45) is 0 Å². The normalized spacial score (nSPS) is 24.2. The van der Waals surface area contributed by atoms with Gasteiger partial charge in [-0.2, -0.15) is 10.1 Å². The third-order valence-corrected chi connectivity index (χ3v) is 5.12. The Morgan fingerprint density at radius 2 is 2.23 bits per heavy atom. The summed E-state index contributed by atoms with van der Waals surface area (Å²) in [7, 11) is 1.58. The Morgan fingerprint density at radius 3 is 2.96 bits per heavy atom. The minimum absolute atomic E-state index is 0.101. The zero-order chi connectivity index (χ0) is 18.1. The summed E-state index contributed by atoms with van der Waals surface area (Å²) in [6.45, 7) is 4.92. The van der Waals surface area contributed by atoms with Gasteiger partial charge < -0.3 is 9.47 Å². The van der Waals surface area contributed by atoms with Gasteiger partial charge in [0.05, 0.1) is 32.6 Å². The fourth-order valence-electron chi connectivity index (χ4n) is 3.76. The summed E-state index contributed by atoms with van der Waals surface area (Å²) in [4.78, 5) is 21.6. The molecule has 4 heterocycles. The molecule has 0 spiro atoms. The van der Waals surface area contributed by atoms with E-state index in [1.807, 2.05) is 12.1 Å². The molecule has 4 rings (SSSR count). The van der Waals surface area contributed by atoms with Crippen LogP contribution in [0.15, 0.2) is 24.5 Å². The van der Waals surface area contributed by atoms with Crippen molar-refractivity contribution in [2.75, 3.05) is 38.3 Å². The lowest BCUT2D eigenvalue weighted by Crippen LogP contribution is -2.52. The van der Waals surface area contributed by atoms with Gasteiger partial charge in [-0.15, -0.1) is 0 Å². The van der Waals surface area contributed by atoms with Gasteiger partial charge in [0.2, 0.25) is 11.8 Å². The topological polar surface area (TPSA) is 83.6 Å². The number of anilines is 1. The molecule has 2 aliphatic rings. The number of nitrogens with one attached hydrogen (secondary N) is 1. The number of hydrogen-bond acceptors (Lipinski definition) is 6. The zero-order valence-electron chi connectivity index (χ0n) is 15.0. The van der Waals surface area contributed by atoms with Crippen LogP contribution in [0.4, 0.5) is 5.82 Å². The van der Waals surface area contributed by atoms with Gasteiger partial charge in [0.15, 0.2) is 0 Å². The van der Waals surface area contributed by atoms with Crippen LogP contribution in [0, 0.1) is 0 Å². The summed E-state index contributed by atoms with van der Waals surface area (Å²) in [5.74, 6) is 1.21. The standard InChI is InChI=1S/C18H23N5O3/c1-12-11-26-8-7-22(12)15-5-6-23(18(15)24)16-4-3-14(17(21-16)25-2)13-9-19-20-10-13/h3-4,9-10,12,15H,5-8,11H2,1-2H3,(H,19,20)/t12-,15?/m1/s1. The molecule has 2 aliphatic heterocycles. The van der Waals surface area contributed by atoms with Gasteiger partial charge in [-0.05, 0) is 25.5 Å². The molecule has 2 saturated heterocycles. The van der Waals surface area contributed by atoms with E-state index < -0.39 is 0 Å². The van der Waals surface area contributed by atoms with E-state index in [0.29, 0.717) is 31.5 Å². The van der Waals surface area contributed by atoms with Gasteiger partial charge >= 0.3 is 0 Å². The minimum Gasteiger partial charge on any atom is -0.480 e. The second kappa shape index (κ2) is 7.05. The van der Waals surface area contributed by atoms with Gasteiger partial charge in [-0.25, -0.2) is 0 Å². The van der Waals surface area contributed by atoms with Crippen LogP contribution >= 0.6 is 0 Å². The molecule has 26 heavy (non-hydrogen) atoms. The lowest BCUT2D eigenvalue weighted by atomic mass is 10.1. The number of aromatic nitrogens is 3. The number of hydrogen-bond donors (Lipinski definition) is 1. The first-order valence-electron chi connectivity index (χ1n) is 8.88. The molecule has 8 heteroatoms. The summed E-state index contributed by atoms with van der Waals surface area (Å²) in [6.07, 6.45) is 4.31. The molecule has 2 atom stereocenters. The number of carbonyl (C=O) groups is 1. The predicted octanol–water partition coefficient (Wildman–Crippen LogP) is 1.31. The number of carbonyl (C=O) groups excluding carboxylic acids is 1. The molecule has 1 N–H and O–H groups in total. The Morgan fingerprint density at radius 1 is 1.35 bits per heavy atom. The van der Waals surface area contributed by atoms with E-state index in [0.717, 1.165) is 24.1 Å². The van der Waals surface area contributed by atoms with E-state index in [9.17, 15) is 4.79 Å². The van der Waals surface area contributed by atoms with Gasteiger partial charge in [0, 0.05) is 36.5 Å². The first kappa shape index (κ1) is 17.0. The Bertz CT molecular complexity index is 779. The Hall–Kier alpha value is -2.45. The highest BCUT2D eigenvalue weighted by molar-refractivity contribution is 5.99. The van der Waals surface area contributed by atoms with Crippen molar-refractivity contribution in [1.82, 2.24) is 20.1 Å². The molecule has 0 aliphatic carbocycles. The summed E-state index contributed by atoms with van der Waals surface area (Å²) < 4.78 is 10.9. The van der Waals surface area contributed by atoms with Gasteiger partial charge in [-0.3, -0.25) is 19.7 Å². The average Bonchev–Trinajstić information content (AvgIpc) is 3.32. The van der Waals surface area contributed by atoms with E-state index in [1.165, 1.54) is 0 Å². The Labute approximate surface area is 152 Å². The average molecular weight is 357 g/mol. The number of rotatable bonds is 4. The number of morpholine rings is 1. The number of amides is 1. The van der Waals surface area contributed by atoms with Crippen molar-refractivity contribution < 1.29 is 14.3 Å². The van der Waals surface area contributed by atoms with E-state index in [4.69, 9.17) is 9.47 Å². The number of nitrogens with zero attached hydrogens (tertiary/aromatic N) is 4. The van der Waals surface area contributed by atoms with Crippen molar-refractivity contribution in [3.8, 4) is 17.0 Å². The van der Waals surface area contributed by atoms with Gasteiger partial charge in [-0.1, -0.05) is 0 Å². The van der Waals surface area contributed by atoms with Crippen LogP contribution in [0.25, 0.3) is 11.1 Å². The lowest BCUT2D eigenvalue weighted by Gasteiger charge is -2.36. The van der Waals surface area contributed by atoms with Crippen LogP contribution in [0.5, 0.6) is 5.88 Å². The van der Waals surface area contributed by atoms with Crippen LogP contribution < -0.4 is 9.64 Å². The summed E-state index contributed by atoms with van der Waals surface area (Å²) in [5.41, 5.74) is 1.74. The Balaban J connectivity index is 1.57. The fraction of sp³-hybridized carbons (Fsp3) is 0.500. The lowest BCUT2D eigenvalue weighted by molar-refractivity contribution is -0.125. The van der Waals surface area contributed by atoms with Crippen molar-refractivity contribution in [3.63, 3.8) is 0 Å². The third-order valence-electron chi connectivity index (χ3n) is 5.12. The van der Waals surface area contributed by atoms with Crippen molar-refractivity contribution in [3.05, 3.63) is 24.5 Å². The minimum atomic E-state index is -0.102. The molecule has 138 valence electrons. The van der Waals surface area contributed by atoms with Crippen LogP contribution in [0.3, 0.4) is 0 Å². The maximum atomic E-state index is 13.0. The molecule has 1 unspecified atom stereocenters. The highest BCUT2D eigenvalue weighted by Gasteiger charge is 2.40. The van der Waals surface area contributed by atoms with Crippen LogP contribution in [-0.2, 0) is 9.53 Å². The number of H-pyrrole nitrogens is 1. The smallest absolute Gasteiger partial charge is 0.245 e. The number of pyridine rings is 1. The number of ether oxygens (including phenoxy) is 2. The molecule has 1 amide bonds. The highest BCUT2D eigenvalue weighted by atomic mass is 16.5. The molecule has 0 saturated carbocycles. The predicted molar refractivity (Wildman–Crippen MR) is 96.1 cm³/mol. The molecular weight excluding hydrogens is 334 g/mol. The number of aromatic amines is 1. The summed E-state index contributed by atoms with van der Waals surface area (Å²) >= 11 is 0. The quantitative estimate of drug-likeness (QED) is 0.888. The molecular formula is C18H23N5O3. The van der Waals surface area contributed by atoms with Crippen LogP contribution in [-0.4, -0.2) is 71.5 Å². The van der Waals surface area contributed by atoms with Crippen LogP contribution in [0.1, 0.15) is 13.3 Å². The molecule has 2 aromatic heterocycles. The van der Waals surface area contributed by atoms with E-state index in [-0.39, 0.29) is 18.0 Å². The second-order valence-electron chi connectivity index (χ2n) is 6.67. The first-order chi connectivity index (χ1) is 12.7. The maximum absolute atomic E-state index is 13.0. The fourth-order valence-corrected chi connectivity index (χ4v) is 3.76. The van der Waals surface area contributed by atoms with E-state index >= 15 is 0 Å². The molecule has 2 aromatic rings. The van der Waals surface area contributed by atoms with Crippen molar-refractivity contribution >= 4 is 11.7 Å². The molecule has 2 fully saturated rings. The summed E-state index contributed by atoms with van der Waals surface area (Å²) in [5, 5.41) is 6.76. The number of methoxy groups -OCH3 is 1. The SMILES string of the molecule is COc1nc(N2CCC(N3CCOC[C@H]3C)C2=O)ccc1-c1cn[nH]c1. The van der Waals surface area contributed by atoms with Gasteiger partial charge in [0.25, 0.3) is 0 Å². The Kier molecular flexibility index (Phi) is 4.60.